The van der Waals surface area contributed by atoms with Crippen LogP contribution in [0, 0.1) is 41.3 Å². The van der Waals surface area contributed by atoms with Gasteiger partial charge in [-0.05, 0) is 89.3 Å². The maximum absolute atomic E-state index is 13.9. The van der Waals surface area contributed by atoms with Crippen molar-refractivity contribution in [2.75, 3.05) is 11.9 Å². The molecule has 0 atom stereocenters. The maximum Gasteiger partial charge on any atom is 0.270 e. The van der Waals surface area contributed by atoms with Crippen LogP contribution >= 0.6 is 0 Å². The molecule has 2 heterocycles. The summed E-state index contributed by atoms with van der Waals surface area (Å²) in [6, 6.07) is 12.2. The molecular weight excluding hydrogens is 519 g/mol. The minimum Gasteiger partial charge on any atom is -0.390 e. The van der Waals surface area contributed by atoms with Gasteiger partial charge in [0.2, 0.25) is 0 Å². The average Bonchev–Trinajstić information content (AvgIpc) is 2.96. The molecule has 1 fully saturated rings. The van der Waals surface area contributed by atoms with Crippen LogP contribution in [0.15, 0.2) is 40.3 Å². The van der Waals surface area contributed by atoms with Crippen molar-refractivity contribution in [1.82, 2.24) is 9.55 Å². The van der Waals surface area contributed by atoms with E-state index in [0.29, 0.717) is 16.7 Å². The van der Waals surface area contributed by atoms with Crippen LogP contribution in [0.25, 0.3) is 11.0 Å². The Morgan fingerprint density at radius 3 is 2.34 bits per heavy atom. The van der Waals surface area contributed by atoms with Gasteiger partial charge in [-0.1, -0.05) is 19.0 Å². The molecule has 216 valence electrons. The molecule has 2 aromatic heterocycles. The molecule has 0 spiro atoms. The highest BCUT2D eigenvalue weighted by molar-refractivity contribution is 6.03. The third kappa shape index (κ3) is 6.74. The molecule has 41 heavy (non-hydrogen) atoms. The molecule has 0 amide bonds. The lowest BCUT2D eigenvalue weighted by molar-refractivity contribution is -0.0000391. The first kappa shape index (κ1) is 31.3. The Morgan fingerprint density at radius 1 is 1.12 bits per heavy atom. The van der Waals surface area contributed by atoms with Crippen LogP contribution in [0.3, 0.4) is 0 Å². The zero-order valence-electron chi connectivity index (χ0n) is 25.2. The third-order valence-corrected chi connectivity index (χ3v) is 7.31. The van der Waals surface area contributed by atoms with E-state index in [1.165, 1.54) is 16.7 Å². The monoisotopic (exact) mass is 558 g/mol. The predicted molar refractivity (Wildman–Crippen MR) is 160 cm³/mol. The first-order chi connectivity index (χ1) is 19.4. The summed E-state index contributed by atoms with van der Waals surface area (Å²) in [7, 11) is 3.48. The lowest BCUT2D eigenvalue weighted by Gasteiger charge is -2.37. The van der Waals surface area contributed by atoms with E-state index in [2.05, 4.69) is 22.3 Å². The van der Waals surface area contributed by atoms with Gasteiger partial charge in [0, 0.05) is 31.6 Å². The normalized spacial score (nSPS) is 17.2. The SMILES string of the molecule is CC.Cc1cc(F)ccc1/C(=N\OC(C)(C)C)C1CCC(N(C)c2c(C#N)c(=O)n(C)c3ccc(C#N)nc23)CC1. The Labute approximate surface area is 241 Å². The fraction of sp³-hybridized carbons (Fsp3) is 0.469. The number of benzene rings is 1. The van der Waals surface area contributed by atoms with E-state index in [4.69, 9.17) is 4.84 Å². The van der Waals surface area contributed by atoms with Gasteiger partial charge in [0.05, 0.1) is 16.9 Å². The zero-order chi connectivity index (χ0) is 30.5. The average molecular weight is 559 g/mol. The highest BCUT2D eigenvalue weighted by Gasteiger charge is 2.32. The van der Waals surface area contributed by atoms with Gasteiger partial charge in [0.25, 0.3) is 5.56 Å². The van der Waals surface area contributed by atoms with Crippen LogP contribution in [0.2, 0.25) is 0 Å². The number of hydrogen-bond acceptors (Lipinski definition) is 7. The first-order valence-corrected chi connectivity index (χ1v) is 14.0. The number of nitriles is 2. The molecule has 1 aliphatic rings. The van der Waals surface area contributed by atoms with Crippen LogP contribution in [-0.4, -0.2) is 34.0 Å². The molecule has 0 N–H and O–H groups in total. The van der Waals surface area contributed by atoms with Gasteiger partial charge in [-0.3, -0.25) is 4.79 Å². The van der Waals surface area contributed by atoms with Crippen molar-refractivity contribution in [3.63, 3.8) is 0 Å². The van der Waals surface area contributed by atoms with Crippen molar-refractivity contribution in [3.8, 4) is 12.1 Å². The number of halogens is 1. The van der Waals surface area contributed by atoms with E-state index < -0.39 is 11.2 Å². The van der Waals surface area contributed by atoms with E-state index in [0.717, 1.165) is 42.5 Å². The van der Waals surface area contributed by atoms with Crippen LogP contribution < -0.4 is 10.5 Å². The second-order valence-corrected chi connectivity index (χ2v) is 11.1. The van der Waals surface area contributed by atoms with Crippen molar-refractivity contribution in [2.24, 2.45) is 18.1 Å². The molecule has 0 aliphatic heterocycles. The molecule has 4 rings (SSSR count). The van der Waals surface area contributed by atoms with Gasteiger partial charge >= 0.3 is 0 Å². The Hall–Kier alpha value is -4.24. The summed E-state index contributed by atoms with van der Waals surface area (Å²) in [6.07, 6.45) is 3.13. The molecule has 1 aliphatic carbocycles. The number of rotatable bonds is 5. The van der Waals surface area contributed by atoms with E-state index in [1.807, 2.05) is 53.5 Å². The number of fused-ring (bicyclic) bond motifs is 1. The lowest BCUT2D eigenvalue weighted by atomic mass is 9.79. The maximum atomic E-state index is 13.9. The number of hydrogen-bond donors (Lipinski definition) is 0. The zero-order valence-corrected chi connectivity index (χ0v) is 25.2. The molecule has 8 nitrogen and oxygen atoms in total. The smallest absolute Gasteiger partial charge is 0.270 e. The van der Waals surface area contributed by atoms with Crippen molar-refractivity contribution < 1.29 is 9.23 Å². The minimum atomic E-state index is -0.472. The molecule has 1 aromatic carbocycles. The van der Waals surface area contributed by atoms with Crippen molar-refractivity contribution in [3.05, 3.63) is 68.9 Å². The Morgan fingerprint density at radius 2 is 1.78 bits per heavy atom. The summed E-state index contributed by atoms with van der Waals surface area (Å²) in [5.41, 5.74) is 3.32. The summed E-state index contributed by atoms with van der Waals surface area (Å²) in [6.45, 7) is 11.7. The molecular formula is C32H39FN6O2. The molecule has 0 radical (unpaired) electrons. The predicted octanol–water partition coefficient (Wildman–Crippen LogP) is 6.36. The Kier molecular flexibility index (Phi) is 9.88. The van der Waals surface area contributed by atoms with Gasteiger partial charge < -0.3 is 14.3 Å². The van der Waals surface area contributed by atoms with Gasteiger partial charge in [-0.15, -0.1) is 0 Å². The van der Waals surface area contributed by atoms with Gasteiger partial charge in [0.1, 0.15) is 40.3 Å². The van der Waals surface area contributed by atoms with E-state index in [-0.39, 0.29) is 29.0 Å². The lowest BCUT2D eigenvalue weighted by Crippen LogP contribution is -2.39. The number of aryl methyl sites for hydroxylation is 2. The summed E-state index contributed by atoms with van der Waals surface area (Å²) < 4.78 is 15.3. The van der Waals surface area contributed by atoms with Crippen LogP contribution in [0.5, 0.6) is 0 Å². The number of anilines is 1. The van der Waals surface area contributed by atoms with Crippen molar-refractivity contribution >= 4 is 22.4 Å². The Balaban J connectivity index is 0.00000226. The summed E-state index contributed by atoms with van der Waals surface area (Å²) in [5.74, 6) is -0.194. The second kappa shape index (κ2) is 13.0. The molecule has 0 saturated heterocycles. The largest absolute Gasteiger partial charge is 0.390 e. The van der Waals surface area contributed by atoms with Crippen molar-refractivity contribution in [2.45, 2.75) is 78.9 Å². The molecule has 1 saturated carbocycles. The second-order valence-electron chi connectivity index (χ2n) is 11.1. The third-order valence-electron chi connectivity index (χ3n) is 7.31. The Bertz CT molecular complexity index is 1580. The highest BCUT2D eigenvalue weighted by Crippen LogP contribution is 2.36. The van der Waals surface area contributed by atoms with E-state index in [1.54, 1.807) is 25.2 Å². The number of pyridine rings is 2. The molecule has 0 unspecified atom stereocenters. The summed E-state index contributed by atoms with van der Waals surface area (Å²) in [4.78, 5) is 25.3. The number of nitrogens with zero attached hydrogens (tertiary/aromatic N) is 6. The van der Waals surface area contributed by atoms with Gasteiger partial charge in [-0.25, -0.2) is 9.37 Å². The van der Waals surface area contributed by atoms with Crippen LogP contribution in [0.1, 0.15) is 82.7 Å². The topological polar surface area (TPSA) is 107 Å². The molecule has 9 heteroatoms. The van der Waals surface area contributed by atoms with Crippen molar-refractivity contribution in [1.29, 1.82) is 10.5 Å². The van der Waals surface area contributed by atoms with E-state index in [9.17, 15) is 19.7 Å². The minimum absolute atomic E-state index is 0.0139. The molecule has 0 bridgehead atoms. The quantitative estimate of drug-likeness (QED) is 0.266. The fourth-order valence-electron chi connectivity index (χ4n) is 5.26. The standard InChI is InChI=1S/C30H33FN6O2.C2H6/c1-18-15-20(31)9-13-23(18)26(35-39-30(2,3)4)19-7-11-22(12-8-19)36(5)28-24(17-33)29(38)37(6)25-14-10-21(16-32)34-27(25)28;1-2/h9-10,13-15,19,22H,7-8,11-12H2,1-6H3;1-2H3/b35-26-;. The van der Waals surface area contributed by atoms with Crippen LogP contribution in [-0.2, 0) is 11.9 Å². The fourth-order valence-corrected chi connectivity index (χ4v) is 5.26. The van der Waals surface area contributed by atoms with Gasteiger partial charge in [0.15, 0.2) is 0 Å². The number of oxime groups is 1. The highest BCUT2D eigenvalue weighted by atomic mass is 19.1. The first-order valence-electron chi connectivity index (χ1n) is 14.0. The molecule has 3 aromatic rings. The summed E-state index contributed by atoms with van der Waals surface area (Å²) in [5, 5.41) is 23.9. The summed E-state index contributed by atoms with van der Waals surface area (Å²) >= 11 is 0. The van der Waals surface area contributed by atoms with Crippen LogP contribution in [0.4, 0.5) is 10.1 Å². The number of aromatic nitrogens is 2. The van der Waals surface area contributed by atoms with E-state index >= 15 is 0 Å². The van der Waals surface area contributed by atoms with Gasteiger partial charge in [-0.2, -0.15) is 10.5 Å².